The molecule has 0 aliphatic heterocycles. The summed E-state index contributed by atoms with van der Waals surface area (Å²) in [7, 11) is 0. The molecule has 0 heterocycles. The van der Waals surface area contributed by atoms with Crippen molar-refractivity contribution in [1.29, 1.82) is 0 Å². The van der Waals surface area contributed by atoms with E-state index < -0.39 is 0 Å². The zero-order chi connectivity index (χ0) is 0. The van der Waals surface area contributed by atoms with Gasteiger partial charge in [0.25, 0.3) is 0 Å². The van der Waals surface area contributed by atoms with Crippen LogP contribution in [0.2, 0.25) is 0 Å². The van der Waals surface area contributed by atoms with Crippen LogP contribution in [0.1, 0.15) is 0 Å². The molecule has 0 aromatic carbocycles. The molecule has 0 saturated carbocycles. The van der Waals surface area contributed by atoms with Gasteiger partial charge in [-0.2, -0.15) is 0 Å². The molecular formula is CuPbSbZn. The summed E-state index contributed by atoms with van der Waals surface area (Å²) in [6, 6.07) is 0. The molecule has 0 aliphatic carbocycles. The minimum absolute atomic E-state index is 0. The Hall–Kier alpha value is 2.88. The summed E-state index contributed by atoms with van der Waals surface area (Å²) in [5.74, 6) is 0. The number of hydrogen-bond acceptors (Lipinski definition) is 0. The zero-order valence-corrected chi connectivity index (χ0v) is 12.3. The molecule has 0 bridgehead atoms. The van der Waals surface area contributed by atoms with Crippen LogP contribution in [-0.2, 0) is 36.5 Å². The summed E-state index contributed by atoms with van der Waals surface area (Å²) in [6.07, 6.45) is 0. The first-order valence-corrected chi connectivity index (χ1v) is 0. The van der Waals surface area contributed by atoms with E-state index in [1.807, 2.05) is 0 Å². The molecule has 8 radical (unpaired) electrons. The topological polar surface area (TPSA) is 0 Å². The van der Waals surface area contributed by atoms with E-state index in [4.69, 9.17) is 0 Å². The van der Waals surface area contributed by atoms with E-state index in [0.717, 1.165) is 0 Å². The molecular weight excluding hydrogens is 458 g/mol. The van der Waals surface area contributed by atoms with Gasteiger partial charge < -0.3 is 0 Å². The van der Waals surface area contributed by atoms with Crippen molar-refractivity contribution < 1.29 is 36.5 Å². The van der Waals surface area contributed by atoms with Crippen LogP contribution < -0.4 is 0 Å². The molecule has 0 amide bonds. The first kappa shape index (κ1) is 28.7. The first-order chi connectivity index (χ1) is 0. The van der Waals surface area contributed by atoms with Gasteiger partial charge in [0, 0.05) is 88.3 Å². The minimum atomic E-state index is 0. The Bertz CT molecular complexity index is 8.00. The van der Waals surface area contributed by atoms with Crippen LogP contribution in [0.25, 0.3) is 0 Å². The van der Waals surface area contributed by atoms with E-state index in [9.17, 15) is 0 Å². The van der Waals surface area contributed by atoms with Crippen LogP contribution >= 0.6 is 0 Å². The molecule has 0 nitrogen and oxygen atoms in total. The average molecular weight is 458 g/mol. The van der Waals surface area contributed by atoms with Crippen LogP contribution in [0.15, 0.2) is 0 Å². The van der Waals surface area contributed by atoms with Gasteiger partial charge in [-0.25, -0.2) is 0 Å². The van der Waals surface area contributed by atoms with Gasteiger partial charge in [-0.15, -0.1) is 0 Å². The van der Waals surface area contributed by atoms with Crippen LogP contribution in [0.3, 0.4) is 0 Å². The standard InChI is InChI=1S/Cu.Pb.Sb.Zn. The third-order valence-electron chi connectivity index (χ3n) is 0. The maximum atomic E-state index is 0. The number of hydrogen-bond donors (Lipinski definition) is 0. The van der Waals surface area contributed by atoms with E-state index in [1.54, 1.807) is 0 Å². The molecule has 0 N–H and O–H groups in total. The summed E-state index contributed by atoms with van der Waals surface area (Å²) in [5, 5.41) is 0. The van der Waals surface area contributed by atoms with Gasteiger partial charge in [0.2, 0.25) is 0 Å². The van der Waals surface area contributed by atoms with Crippen molar-refractivity contribution in [3.63, 3.8) is 0 Å². The van der Waals surface area contributed by atoms with Crippen LogP contribution in [-0.4, -0.2) is 51.7 Å². The van der Waals surface area contributed by atoms with Crippen LogP contribution in [0.5, 0.6) is 0 Å². The molecule has 0 unspecified atom stereocenters. The van der Waals surface area contributed by atoms with Crippen molar-refractivity contribution in [1.82, 2.24) is 0 Å². The van der Waals surface area contributed by atoms with Gasteiger partial charge in [-0.3, -0.25) is 0 Å². The molecule has 0 fully saturated rings. The quantitative estimate of drug-likeness (QED) is 0.419. The van der Waals surface area contributed by atoms with Gasteiger partial charge in [0.05, 0.1) is 0 Å². The van der Waals surface area contributed by atoms with Crippen molar-refractivity contribution in [3.05, 3.63) is 0 Å². The van der Waals surface area contributed by atoms with Crippen molar-refractivity contribution in [2.75, 3.05) is 0 Å². The second-order valence-electron chi connectivity index (χ2n) is 0. The minimum Gasteiger partial charge on any atom is 0 e. The zero-order valence-electron chi connectivity index (χ0n) is 1.96. The van der Waals surface area contributed by atoms with Gasteiger partial charge in [-0.1, -0.05) is 0 Å². The molecule has 22 valence electrons. The Morgan fingerprint density at radius 1 is 1.00 bits per heavy atom. The summed E-state index contributed by atoms with van der Waals surface area (Å²) in [6.45, 7) is 0. The molecule has 0 aromatic heterocycles. The third kappa shape index (κ3) is 8.86. The summed E-state index contributed by atoms with van der Waals surface area (Å²) >= 11 is 0. The molecule has 0 rings (SSSR count). The van der Waals surface area contributed by atoms with Crippen molar-refractivity contribution in [2.45, 2.75) is 0 Å². The van der Waals surface area contributed by atoms with E-state index in [-0.39, 0.29) is 88.3 Å². The normalized spacial score (nSPS) is 0. The molecule has 0 spiro atoms. The van der Waals surface area contributed by atoms with Crippen LogP contribution in [0.4, 0.5) is 0 Å². The van der Waals surface area contributed by atoms with Gasteiger partial charge in [0.1, 0.15) is 0 Å². The van der Waals surface area contributed by atoms with Gasteiger partial charge in [0.15, 0.2) is 0 Å². The maximum Gasteiger partial charge on any atom is 0 e. The first-order valence-electron chi connectivity index (χ1n) is 0. The molecule has 0 atom stereocenters. The van der Waals surface area contributed by atoms with E-state index in [0.29, 0.717) is 0 Å². The fourth-order valence-corrected chi connectivity index (χ4v) is 0. The second kappa shape index (κ2) is 16.9. The Balaban J connectivity index is 0. The summed E-state index contributed by atoms with van der Waals surface area (Å²) in [4.78, 5) is 0. The molecule has 0 aromatic rings. The predicted molar refractivity (Wildman–Crippen MR) is 11.5 cm³/mol. The van der Waals surface area contributed by atoms with Gasteiger partial charge >= 0.3 is 0 Å². The Labute approximate surface area is 86.7 Å². The van der Waals surface area contributed by atoms with E-state index in [2.05, 4.69) is 0 Å². The van der Waals surface area contributed by atoms with Gasteiger partial charge in [-0.05, 0) is 0 Å². The monoisotopic (exact) mass is 456 g/mol. The molecule has 4 heteroatoms. The fraction of sp³-hybridized carbons (Fsp3) is 0. The Kier molecular flexibility index (Phi) is 121. The van der Waals surface area contributed by atoms with Crippen molar-refractivity contribution in [3.8, 4) is 0 Å². The Morgan fingerprint density at radius 2 is 1.00 bits per heavy atom. The van der Waals surface area contributed by atoms with E-state index in [1.165, 1.54) is 0 Å². The fourth-order valence-electron chi connectivity index (χ4n) is 0. The largest absolute Gasteiger partial charge is 0 e. The molecule has 4 heavy (non-hydrogen) atoms. The summed E-state index contributed by atoms with van der Waals surface area (Å²) in [5.41, 5.74) is 0. The van der Waals surface area contributed by atoms with Crippen molar-refractivity contribution in [2.24, 2.45) is 0 Å². The Morgan fingerprint density at radius 3 is 1.00 bits per heavy atom. The van der Waals surface area contributed by atoms with E-state index >= 15 is 0 Å². The molecule has 0 aliphatic rings. The second-order valence-corrected chi connectivity index (χ2v) is 0. The summed E-state index contributed by atoms with van der Waals surface area (Å²) < 4.78 is 0. The van der Waals surface area contributed by atoms with Crippen molar-refractivity contribution >= 4 is 51.7 Å². The average Bonchev–Trinajstić information content (AvgIpc) is 0. The third-order valence-corrected chi connectivity index (χ3v) is 0. The van der Waals surface area contributed by atoms with Crippen LogP contribution in [0, 0.1) is 0 Å². The maximum absolute atomic E-state index is 0. The predicted octanol–water partition coefficient (Wildman–Crippen LogP) is -0.767. The number of rotatable bonds is 0. The SMILES string of the molecule is [Cu].[Pb].[Sb].[Zn]. The molecule has 0 saturated heterocycles. The smallest absolute Gasteiger partial charge is 0 e.